The predicted molar refractivity (Wildman–Crippen MR) is 79.4 cm³/mol. The third kappa shape index (κ3) is 2.74. The van der Waals surface area contributed by atoms with Crippen molar-refractivity contribution in [2.75, 3.05) is 7.11 Å². The Morgan fingerprint density at radius 3 is 2.29 bits per heavy atom. The van der Waals surface area contributed by atoms with Crippen molar-refractivity contribution in [1.82, 2.24) is 10.6 Å². The van der Waals surface area contributed by atoms with Crippen molar-refractivity contribution >= 4 is 23.5 Å². The molecule has 0 aliphatic carbocycles. The van der Waals surface area contributed by atoms with Gasteiger partial charge < -0.3 is 4.74 Å². The Labute approximate surface area is 123 Å². The molecular formula is C15H19N3O3. The van der Waals surface area contributed by atoms with Crippen molar-refractivity contribution in [2.45, 2.75) is 26.7 Å². The minimum Gasteiger partial charge on any atom is -0.497 e. The van der Waals surface area contributed by atoms with Crippen LogP contribution in [0.5, 0.6) is 5.75 Å². The lowest BCUT2D eigenvalue weighted by molar-refractivity contribution is -0.144. The predicted octanol–water partition coefficient (Wildman–Crippen LogP) is 1.74. The molecular weight excluding hydrogens is 270 g/mol. The number of aliphatic imine (C=N–C) groups is 1. The number of hydrogen-bond acceptors (Lipinski definition) is 4. The Bertz CT molecular complexity index is 570. The van der Waals surface area contributed by atoms with E-state index in [2.05, 4.69) is 15.6 Å². The number of ether oxygens (including phenoxy) is 1. The summed E-state index contributed by atoms with van der Waals surface area (Å²) in [5.41, 5.74) is -0.418. The molecule has 0 unspecified atom stereocenters. The summed E-state index contributed by atoms with van der Waals surface area (Å²) in [6.07, 6.45) is 0.904. The van der Waals surface area contributed by atoms with Crippen molar-refractivity contribution in [3.05, 3.63) is 24.3 Å². The summed E-state index contributed by atoms with van der Waals surface area (Å²) in [5, 5.41) is 5.33. The van der Waals surface area contributed by atoms with Crippen molar-refractivity contribution in [3.8, 4) is 5.75 Å². The van der Waals surface area contributed by atoms with Gasteiger partial charge >= 0.3 is 0 Å². The molecule has 2 rings (SSSR count). The van der Waals surface area contributed by atoms with Crippen LogP contribution in [0.3, 0.4) is 0 Å². The highest BCUT2D eigenvalue weighted by Gasteiger charge is 2.46. The first kappa shape index (κ1) is 15.0. The lowest BCUT2D eigenvalue weighted by Gasteiger charge is -2.33. The number of carbonyl (C=O) groups excluding carboxylic acids is 2. The normalized spacial score (nSPS) is 17.0. The fourth-order valence-electron chi connectivity index (χ4n) is 2.35. The first-order valence-corrected chi connectivity index (χ1v) is 6.91. The van der Waals surface area contributed by atoms with Gasteiger partial charge in [-0.3, -0.25) is 20.2 Å². The molecule has 0 bridgehead atoms. The highest BCUT2D eigenvalue weighted by Crippen LogP contribution is 2.29. The number of rotatable bonds is 4. The van der Waals surface area contributed by atoms with Crippen molar-refractivity contribution < 1.29 is 14.3 Å². The van der Waals surface area contributed by atoms with E-state index >= 15 is 0 Å². The maximum Gasteiger partial charge on any atom is 0.242 e. The van der Waals surface area contributed by atoms with E-state index in [1.807, 2.05) is 13.8 Å². The molecule has 0 atom stereocenters. The molecule has 1 aliphatic rings. The zero-order chi connectivity index (χ0) is 15.5. The average molecular weight is 289 g/mol. The largest absolute Gasteiger partial charge is 0.497 e. The van der Waals surface area contributed by atoms with Crippen LogP contribution < -0.4 is 15.4 Å². The number of carbonyl (C=O) groups is 2. The number of nitrogens with one attached hydrogen (secondary N) is 2. The van der Waals surface area contributed by atoms with Crippen LogP contribution in [0.1, 0.15) is 26.7 Å². The van der Waals surface area contributed by atoms with Gasteiger partial charge in [0.05, 0.1) is 12.8 Å². The van der Waals surface area contributed by atoms with Crippen LogP contribution in [0.4, 0.5) is 5.69 Å². The Kier molecular flexibility index (Phi) is 4.26. The highest BCUT2D eigenvalue weighted by molar-refractivity contribution is 6.20. The van der Waals surface area contributed by atoms with E-state index < -0.39 is 5.41 Å². The summed E-state index contributed by atoms with van der Waals surface area (Å²) < 4.78 is 5.11. The molecule has 1 fully saturated rings. The van der Waals surface area contributed by atoms with E-state index in [-0.39, 0.29) is 17.8 Å². The summed E-state index contributed by atoms with van der Waals surface area (Å²) in [4.78, 5) is 28.7. The molecule has 0 aromatic heterocycles. The molecule has 21 heavy (non-hydrogen) atoms. The lowest BCUT2D eigenvalue weighted by Crippen LogP contribution is -2.62. The fraction of sp³-hybridized carbons (Fsp3) is 0.400. The third-order valence-corrected chi connectivity index (χ3v) is 3.83. The van der Waals surface area contributed by atoms with Crippen LogP contribution >= 0.6 is 0 Å². The molecule has 0 spiro atoms. The quantitative estimate of drug-likeness (QED) is 0.828. The number of benzene rings is 1. The fourth-order valence-corrected chi connectivity index (χ4v) is 2.35. The molecule has 2 N–H and O–H groups in total. The van der Waals surface area contributed by atoms with Gasteiger partial charge in [0, 0.05) is 6.07 Å². The summed E-state index contributed by atoms with van der Waals surface area (Å²) in [6, 6.07) is 7.05. The molecule has 6 heteroatoms. The van der Waals surface area contributed by atoms with Gasteiger partial charge in [0.15, 0.2) is 0 Å². The number of hydrogen-bond donors (Lipinski definition) is 2. The molecule has 0 saturated carbocycles. The topological polar surface area (TPSA) is 79.8 Å². The Balaban J connectivity index is 2.26. The second-order valence-electron chi connectivity index (χ2n) is 4.86. The van der Waals surface area contributed by atoms with Gasteiger partial charge in [0.25, 0.3) is 0 Å². The first-order valence-electron chi connectivity index (χ1n) is 6.91. The van der Waals surface area contributed by atoms with Crippen molar-refractivity contribution in [1.29, 1.82) is 0 Å². The molecule has 6 nitrogen and oxygen atoms in total. The summed E-state index contributed by atoms with van der Waals surface area (Å²) in [5.74, 6) is 0.188. The SMILES string of the molecule is CCC1(CC)C(=O)NC(=Nc2cccc(OC)c2)NC1=O. The molecule has 2 amide bonds. The zero-order valence-corrected chi connectivity index (χ0v) is 12.4. The van der Waals surface area contributed by atoms with Gasteiger partial charge in [-0.05, 0) is 25.0 Å². The maximum atomic E-state index is 12.2. The molecule has 1 aromatic carbocycles. The molecule has 1 aromatic rings. The molecule has 112 valence electrons. The minimum absolute atomic E-state index is 0.149. The average Bonchev–Trinajstić information content (AvgIpc) is 2.48. The first-order chi connectivity index (χ1) is 10.1. The zero-order valence-electron chi connectivity index (χ0n) is 12.4. The Morgan fingerprint density at radius 2 is 1.76 bits per heavy atom. The summed E-state index contributed by atoms with van der Waals surface area (Å²) >= 11 is 0. The van der Waals surface area contributed by atoms with Gasteiger partial charge in [-0.15, -0.1) is 0 Å². The van der Waals surface area contributed by atoms with Crippen LogP contribution in [0, 0.1) is 5.41 Å². The standard InChI is InChI=1S/C15H19N3O3/c1-4-15(5-2)12(19)17-14(18-13(15)20)16-10-7-6-8-11(9-10)21-3/h6-9H,4-5H2,1-3H3,(H2,16,17,18,19,20). The van der Waals surface area contributed by atoms with E-state index in [0.717, 1.165) is 0 Å². The van der Waals surface area contributed by atoms with Crippen LogP contribution in [0.15, 0.2) is 29.3 Å². The van der Waals surface area contributed by atoms with Gasteiger partial charge in [-0.2, -0.15) is 0 Å². The number of guanidine groups is 1. The van der Waals surface area contributed by atoms with Crippen molar-refractivity contribution in [3.63, 3.8) is 0 Å². The summed E-state index contributed by atoms with van der Waals surface area (Å²) in [7, 11) is 1.56. The molecule has 1 saturated heterocycles. The Hall–Kier alpha value is -2.37. The molecule has 0 radical (unpaired) electrons. The summed E-state index contributed by atoms with van der Waals surface area (Å²) in [6.45, 7) is 3.65. The van der Waals surface area contributed by atoms with E-state index in [1.54, 1.807) is 31.4 Å². The van der Waals surface area contributed by atoms with Crippen LogP contribution in [-0.4, -0.2) is 24.9 Å². The van der Waals surface area contributed by atoms with E-state index in [4.69, 9.17) is 4.74 Å². The monoisotopic (exact) mass is 289 g/mol. The van der Waals surface area contributed by atoms with E-state index in [0.29, 0.717) is 24.3 Å². The number of amides is 2. The smallest absolute Gasteiger partial charge is 0.242 e. The van der Waals surface area contributed by atoms with Crippen molar-refractivity contribution in [2.24, 2.45) is 10.4 Å². The minimum atomic E-state index is -1.01. The van der Waals surface area contributed by atoms with E-state index in [9.17, 15) is 9.59 Å². The number of methoxy groups -OCH3 is 1. The van der Waals surface area contributed by atoms with E-state index in [1.165, 1.54) is 0 Å². The van der Waals surface area contributed by atoms with Crippen LogP contribution in [0.25, 0.3) is 0 Å². The molecule has 1 aliphatic heterocycles. The van der Waals surface area contributed by atoms with Crippen LogP contribution in [-0.2, 0) is 9.59 Å². The number of nitrogens with zero attached hydrogens (tertiary/aromatic N) is 1. The third-order valence-electron chi connectivity index (χ3n) is 3.83. The lowest BCUT2D eigenvalue weighted by atomic mass is 9.79. The second-order valence-corrected chi connectivity index (χ2v) is 4.86. The van der Waals surface area contributed by atoms with Crippen LogP contribution in [0.2, 0.25) is 0 Å². The van der Waals surface area contributed by atoms with Gasteiger partial charge in [0.1, 0.15) is 11.2 Å². The maximum absolute atomic E-state index is 12.2. The highest BCUT2D eigenvalue weighted by atomic mass is 16.5. The van der Waals surface area contributed by atoms with Gasteiger partial charge in [-0.1, -0.05) is 19.9 Å². The molecule has 1 heterocycles. The van der Waals surface area contributed by atoms with Gasteiger partial charge in [0.2, 0.25) is 17.8 Å². The second kappa shape index (κ2) is 5.95. The Morgan fingerprint density at radius 1 is 1.14 bits per heavy atom. The van der Waals surface area contributed by atoms with Gasteiger partial charge in [-0.25, -0.2) is 4.99 Å².